The molecule has 2 aromatic rings. The van der Waals surface area contributed by atoms with Crippen molar-refractivity contribution in [3.05, 3.63) is 53.0 Å². The Morgan fingerprint density at radius 2 is 2.02 bits per heavy atom. The molecule has 2 saturated heterocycles. The van der Waals surface area contributed by atoms with Crippen molar-refractivity contribution in [2.75, 3.05) is 56.2 Å². The van der Waals surface area contributed by atoms with Crippen molar-refractivity contribution in [2.45, 2.75) is 63.3 Å². The number of amides is 1. The van der Waals surface area contributed by atoms with E-state index in [1.807, 2.05) is 0 Å². The number of aryl methyl sites for hydroxylation is 1. The Hall–Kier alpha value is -3.75. The van der Waals surface area contributed by atoms with Crippen molar-refractivity contribution in [3.63, 3.8) is 0 Å². The van der Waals surface area contributed by atoms with Gasteiger partial charge in [-0.1, -0.05) is 18.7 Å². The van der Waals surface area contributed by atoms with E-state index >= 15 is 0 Å². The van der Waals surface area contributed by atoms with Crippen LogP contribution in [0.5, 0.6) is 6.01 Å². The molecular formula is C31H38FN7O3. The molecule has 3 atom stereocenters. The van der Waals surface area contributed by atoms with Crippen LogP contribution in [0.1, 0.15) is 54.2 Å². The third-order valence-electron chi connectivity index (χ3n) is 9.24. The molecule has 2 fully saturated rings. The summed E-state index contributed by atoms with van der Waals surface area (Å²) in [5.74, 6) is -1.03. The van der Waals surface area contributed by atoms with Crippen LogP contribution < -0.4 is 14.5 Å². The number of ether oxygens (including phenoxy) is 1. The van der Waals surface area contributed by atoms with Crippen LogP contribution in [0.25, 0.3) is 0 Å². The summed E-state index contributed by atoms with van der Waals surface area (Å²) in [6.45, 7) is 7.05. The lowest BCUT2D eigenvalue weighted by Crippen LogP contribution is -2.55. The molecule has 4 heterocycles. The molecule has 1 aromatic carbocycles. The van der Waals surface area contributed by atoms with E-state index in [2.05, 4.69) is 52.6 Å². The normalized spacial score (nSPS) is 23.9. The Morgan fingerprint density at radius 1 is 1.17 bits per heavy atom. The van der Waals surface area contributed by atoms with Crippen LogP contribution >= 0.6 is 0 Å². The topological polar surface area (TPSA) is 109 Å². The van der Waals surface area contributed by atoms with Gasteiger partial charge in [0.1, 0.15) is 12.4 Å². The number of carbonyl (C=O) groups is 1. The Labute approximate surface area is 246 Å². The van der Waals surface area contributed by atoms with Gasteiger partial charge >= 0.3 is 6.01 Å². The summed E-state index contributed by atoms with van der Waals surface area (Å²) in [4.78, 5) is 30.4. The van der Waals surface area contributed by atoms with E-state index in [9.17, 15) is 19.6 Å². The first kappa shape index (κ1) is 28.4. The van der Waals surface area contributed by atoms with E-state index in [0.29, 0.717) is 44.7 Å². The molecule has 0 bridgehead atoms. The van der Waals surface area contributed by atoms with Gasteiger partial charge in [-0.05, 0) is 57.3 Å². The number of nitrogens with zero attached hydrogens (tertiary/aromatic N) is 7. The minimum absolute atomic E-state index is 0.0788. The molecule has 1 amide bonds. The van der Waals surface area contributed by atoms with Crippen molar-refractivity contribution in [1.82, 2.24) is 19.8 Å². The number of likely N-dealkylation sites (N-methyl/N-ethyl adjacent to an activating group) is 1. The first-order chi connectivity index (χ1) is 20.3. The van der Waals surface area contributed by atoms with Gasteiger partial charge in [0.05, 0.1) is 36.9 Å². The molecule has 42 heavy (non-hydrogen) atoms. The van der Waals surface area contributed by atoms with Crippen LogP contribution in [-0.4, -0.2) is 89.2 Å². The Bertz CT molecular complexity index is 1410. The fraction of sp³-hybridized carbons (Fsp3) is 0.548. The second kappa shape index (κ2) is 11.9. The second-order valence-corrected chi connectivity index (χ2v) is 11.8. The summed E-state index contributed by atoms with van der Waals surface area (Å²) < 4.78 is 20.0. The maximum atomic E-state index is 13.8. The predicted octanol–water partition coefficient (Wildman–Crippen LogP) is 2.91. The molecule has 0 saturated carbocycles. The minimum Gasteiger partial charge on any atom is -0.462 e. The predicted molar refractivity (Wildman–Crippen MR) is 156 cm³/mol. The minimum atomic E-state index is -1.02. The number of piperazine rings is 1. The number of hydrogen-bond donors (Lipinski definition) is 1. The lowest BCUT2D eigenvalue weighted by Gasteiger charge is -2.42. The van der Waals surface area contributed by atoms with Crippen molar-refractivity contribution >= 4 is 17.4 Å². The SMILES string of the molecule is C=C(F)C(=O)N1CCN(c2nc(OC[C@@H]3CCCN3C)nc3c2CCN(c2cccc4c2[C@H](O)CC4)C3)C[C@@H]1CC#N. The summed E-state index contributed by atoms with van der Waals surface area (Å²) in [6, 6.07) is 8.52. The van der Waals surface area contributed by atoms with Gasteiger partial charge in [-0.2, -0.15) is 15.2 Å². The molecule has 3 aliphatic heterocycles. The number of rotatable bonds is 7. The standard InChI is InChI=1S/C31H38FN7O3/c1-20(32)30(41)39-16-15-38(17-22(39)10-12-33)29-24-11-14-37(26-7-3-5-21-8-9-27(40)28(21)26)18-25(24)34-31(35-29)42-19-23-6-4-13-36(23)2/h3,5,7,22-23,27,40H,1,4,6,8-11,13-19H2,2H3/t22-,23-,27+/m0/s1. The van der Waals surface area contributed by atoms with Crippen LogP contribution in [-0.2, 0) is 24.2 Å². The zero-order valence-corrected chi connectivity index (χ0v) is 24.1. The van der Waals surface area contributed by atoms with Gasteiger partial charge in [0.15, 0.2) is 5.83 Å². The molecule has 4 aliphatic rings. The average molecular weight is 576 g/mol. The van der Waals surface area contributed by atoms with Crippen LogP contribution in [0.4, 0.5) is 15.9 Å². The molecular weight excluding hydrogens is 537 g/mol. The molecule has 0 radical (unpaired) electrons. The van der Waals surface area contributed by atoms with E-state index < -0.39 is 23.9 Å². The highest BCUT2D eigenvalue weighted by atomic mass is 19.1. The number of nitriles is 1. The number of aromatic nitrogens is 2. The Morgan fingerprint density at radius 3 is 2.79 bits per heavy atom. The number of anilines is 2. The fourth-order valence-electron chi connectivity index (χ4n) is 6.95. The molecule has 10 nitrogen and oxygen atoms in total. The Balaban J connectivity index is 1.31. The molecule has 1 N–H and O–H groups in total. The monoisotopic (exact) mass is 575 g/mol. The number of hydrogen-bond acceptors (Lipinski definition) is 9. The van der Waals surface area contributed by atoms with E-state index in [4.69, 9.17) is 14.7 Å². The molecule has 6 rings (SSSR count). The van der Waals surface area contributed by atoms with E-state index in [0.717, 1.165) is 67.1 Å². The largest absolute Gasteiger partial charge is 0.462 e. The summed E-state index contributed by atoms with van der Waals surface area (Å²) >= 11 is 0. The van der Waals surface area contributed by atoms with Gasteiger partial charge in [-0.3, -0.25) is 4.79 Å². The first-order valence-corrected chi connectivity index (χ1v) is 14.9. The Kier molecular flexibility index (Phi) is 8.01. The number of benzene rings is 1. The van der Waals surface area contributed by atoms with Crippen LogP contribution in [0.3, 0.4) is 0 Å². The van der Waals surface area contributed by atoms with Gasteiger partial charge in [-0.25, -0.2) is 4.39 Å². The maximum Gasteiger partial charge on any atom is 0.318 e. The van der Waals surface area contributed by atoms with Crippen LogP contribution in [0, 0.1) is 11.3 Å². The smallest absolute Gasteiger partial charge is 0.318 e. The van der Waals surface area contributed by atoms with Crippen molar-refractivity contribution in [3.8, 4) is 12.1 Å². The van der Waals surface area contributed by atoms with Crippen molar-refractivity contribution < 1.29 is 19.0 Å². The molecule has 1 aromatic heterocycles. The quantitative estimate of drug-likeness (QED) is 0.499. The third-order valence-corrected chi connectivity index (χ3v) is 9.24. The van der Waals surface area contributed by atoms with Gasteiger partial charge in [0.2, 0.25) is 0 Å². The summed E-state index contributed by atoms with van der Waals surface area (Å²) in [5.41, 5.74) is 5.16. The number of aliphatic hydroxyl groups excluding tert-OH is 1. The lowest BCUT2D eigenvalue weighted by molar-refractivity contribution is -0.131. The molecule has 11 heteroatoms. The van der Waals surface area contributed by atoms with Crippen LogP contribution in [0.15, 0.2) is 30.6 Å². The molecule has 0 unspecified atom stereocenters. The summed E-state index contributed by atoms with van der Waals surface area (Å²) in [5, 5.41) is 20.2. The van der Waals surface area contributed by atoms with E-state index in [1.54, 1.807) is 0 Å². The average Bonchev–Trinajstić information content (AvgIpc) is 3.59. The highest BCUT2D eigenvalue weighted by molar-refractivity contribution is 5.91. The molecule has 0 spiro atoms. The lowest BCUT2D eigenvalue weighted by atomic mass is 10.00. The molecule has 1 aliphatic carbocycles. The number of fused-ring (bicyclic) bond motifs is 2. The van der Waals surface area contributed by atoms with Crippen LogP contribution in [0.2, 0.25) is 0 Å². The van der Waals surface area contributed by atoms with E-state index in [1.165, 1.54) is 10.5 Å². The fourth-order valence-corrected chi connectivity index (χ4v) is 6.95. The van der Waals surface area contributed by atoms with Gasteiger partial charge < -0.3 is 29.4 Å². The second-order valence-electron chi connectivity index (χ2n) is 11.8. The summed E-state index contributed by atoms with van der Waals surface area (Å²) in [6.07, 6.45) is 4.13. The van der Waals surface area contributed by atoms with E-state index in [-0.39, 0.29) is 13.0 Å². The molecule has 222 valence electrons. The highest BCUT2D eigenvalue weighted by Crippen LogP contribution is 2.40. The summed E-state index contributed by atoms with van der Waals surface area (Å²) in [7, 11) is 2.10. The number of halogens is 1. The van der Waals surface area contributed by atoms with Gasteiger partial charge in [-0.15, -0.1) is 0 Å². The highest BCUT2D eigenvalue weighted by Gasteiger charge is 2.35. The number of likely N-dealkylation sites (tertiary alicyclic amines) is 1. The zero-order valence-electron chi connectivity index (χ0n) is 24.1. The van der Waals surface area contributed by atoms with Gasteiger partial charge in [0, 0.05) is 49.0 Å². The number of carbonyl (C=O) groups excluding carboxylic acids is 1. The van der Waals surface area contributed by atoms with Crippen molar-refractivity contribution in [2.24, 2.45) is 0 Å². The maximum absolute atomic E-state index is 13.8. The first-order valence-electron chi connectivity index (χ1n) is 14.9. The number of aliphatic hydroxyl groups is 1. The zero-order chi connectivity index (χ0) is 29.4. The third kappa shape index (κ3) is 5.41. The van der Waals surface area contributed by atoms with Crippen molar-refractivity contribution in [1.29, 1.82) is 5.26 Å². The van der Waals surface area contributed by atoms with Gasteiger partial charge in [0.25, 0.3) is 5.91 Å².